The fraction of sp³-hybridized carbons (Fsp3) is 0.409. The molecule has 3 aromatic rings. The molecule has 3 heterocycles. The third-order valence-electron chi connectivity index (χ3n) is 5.62. The van der Waals surface area contributed by atoms with E-state index < -0.39 is 5.97 Å². The van der Waals surface area contributed by atoms with E-state index in [1.54, 1.807) is 6.92 Å². The number of ether oxygens (including phenoxy) is 1. The van der Waals surface area contributed by atoms with Crippen LogP contribution >= 0.6 is 0 Å². The molecule has 6 heteroatoms. The standard InChI is InChI=1S/C22H25N3O3/c1-14-5-4-11-25(14)12-10-16-6-8-18-17(13-16)7-9-19(23-18)21-20(22(26)27-3)15(2)24-28-21/h6-9,13-14H,4-5,10-12H2,1-3H3/t14-/m1/s1. The zero-order valence-corrected chi connectivity index (χ0v) is 16.6. The molecule has 1 aliphatic rings. The molecule has 6 nitrogen and oxygen atoms in total. The average molecular weight is 379 g/mol. The van der Waals surface area contributed by atoms with Crippen molar-refractivity contribution in [2.45, 2.75) is 39.2 Å². The van der Waals surface area contributed by atoms with E-state index >= 15 is 0 Å². The topological polar surface area (TPSA) is 68.5 Å². The van der Waals surface area contributed by atoms with Crippen LogP contribution in [0.15, 0.2) is 34.9 Å². The first-order valence-corrected chi connectivity index (χ1v) is 9.75. The molecule has 146 valence electrons. The van der Waals surface area contributed by atoms with Gasteiger partial charge in [-0.05, 0) is 63.4 Å². The predicted octanol–water partition coefficient (Wildman–Crippen LogP) is 4.01. The number of benzene rings is 1. The highest BCUT2D eigenvalue weighted by atomic mass is 16.5. The zero-order valence-electron chi connectivity index (χ0n) is 16.6. The lowest BCUT2D eigenvalue weighted by molar-refractivity contribution is 0.0600. The molecule has 0 N–H and O–H groups in total. The molecule has 1 saturated heterocycles. The summed E-state index contributed by atoms with van der Waals surface area (Å²) in [6, 6.07) is 10.9. The Morgan fingerprint density at radius 2 is 2.18 bits per heavy atom. The molecule has 1 fully saturated rings. The van der Waals surface area contributed by atoms with Crippen LogP contribution in [0.3, 0.4) is 0 Å². The summed E-state index contributed by atoms with van der Waals surface area (Å²) in [5.74, 6) is -0.125. The van der Waals surface area contributed by atoms with Crippen molar-refractivity contribution in [3.63, 3.8) is 0 Å². The van der Waals surface area contributed by atoms with Gasteiger partial charge >= 0.3 is 5.97 Å². The highest BCUT2D eigenvalue weighted by molar-refractivity contribution is 5.96. The monoisotopic (exact) mass is 379 g/mol. The number of carbonyl (C=O) groups excluding carboxylic acids is 1. The Morgan fingerprint density at radius 1 is 1.32 bits per heavy atom. The molecule has 28 heavy (non-hydrogen) atoms. The summed E-state index contributed by atoms with van der Waals surface area (Å²) in [5.41, 5.74) is 3.57. The summed E-state index contributed by atoms with van der Waals surface area (Å²) in [7, 11) is 1.34. The molecule has 0 saturated carbocycles. The number of pyridine rings is 1. The van der Waals surface area contributed by atoms with Crippen molar-refractivity contribution < 1.29 is 14.1 Å². The second-order valence-electron chi connectivity index (χ2n) is 7.46. The highest BCUT2D eigenvalue weighted by Gasteiger charge is 2.23. The Morgan fingerprint density at radius 3 is 2.93 bits per heavy atom. The van der Waals surface area contributed by atoms with E-state index in [-0.39, 0.29) is 0 Å². The molecule has 2 aromatic heterocycles. The first kappa shape index (κ1) is 18.6. The zero-order chi connectivity index (χ0) is 19.7. The lowest BCUT2D eigenvalue weighted by Crippen LogP contribution is -2.28. The third-order valence-corrected chi connectivity index (χ3v) is 5.62. The van der Waals surface area contributed by atoms with E-state index in [2.05, 4.69) is 34.1 Å². The van der Waals surface area contributed by atoms with Crippen LogP contribution < -0.4 is 0 Å². The van der Waals surface area contributed by atoms with Gasteiger partial charge in [0.2, 0.25) is 0 Å². The number of aromatic nitrogens is 2. The van der Waals surface area contributed by atoms with Crippen LogP contribution in [0.2, 0.25) is 0 Å². The van der Waals surface area contributed by atoms with Crippen LogP contribution in [0.4, 0.5) is 0 Å². The van der Waals surface area contributed by atoms with Crippen LogP contribution in [0.5, 0.6) is 0 Å². The largest absolute Gasteiger partial charge is 0.465 e. The Balaban J connectivity index is 1.58. The molecular weight excluding hydrogens is 354 g/mol. The Hall–Kier alpha value is -2.73. The molecule has 0 unspecified atom stereocenters. The Bertz CT molecular complexity index is 1010. The number of likely N-dealkylation sites (tertiary alicyclic amines) is 1. The molecule has 0 amide bonds. The van der Waals surface area contributed by atoms with Gasteiger partial charge in [-0.15, -0.1) is 0 Å². The number of nitrogens with zero attached hydrogens (tertiary/aromatic N) is 3. The smallest absolute Gasteiger partial charge is 0.343 e. The number of carbonyl (C=O) groups is 1. The minimum absolute atomic E-state index is 0.325. The van der Waals surface area contributed by atoms with Gasteiger partial charge in [-0.1, -0.05) is 17.3 Å². The van der Waals surface area contributed by atoms with Crippen molar-refractivity contribution >= 4 is 16.9 Å². The summed E-state index contributed by atoms with van der Waals surface area (Å²) in [6.45, 7) is 6.33. The fourth-order valence-electron chi connectivity index (χ4n) is 3.94. The van der Waals surface area contributed by atoms with Crippen LogP contribution in [-0.2, 0) is 11.2 Å². The van der Waals surface area contributed by atoms with Crippen LogP contribution in [0.25, 0.3) is 22.4 Å². The molecule has 0 spiro atoms. The number of rotatable bonds is 5. The minimum atomic E-state index is -0.470. The van der Waals surface area contributed by atoms with Crippen molar-refractivity contribution in [1.29, 1.82) is 0 Å². The molecule has 0 radical (unpaired) electrons. The lowest BCUT2D eigenvalue weighted by atomic mass is 10.1. The van der Waals surface area contributed by atoms with E-state index in [1.807, 2.05) is 18.2 Å². The van der Waals surface area contributed by atoms with Crippen LogP contribution in [0, 0.1) is 6.92 Å². The number of hydrogen-bond donors (Lipinski definition) is 0. The van der Waals surface area contributed by atoms with Crippen molar-refractivity contribution in [3.8, 4) is 11.5 Å². The summed E-state index contributed by atoms with van der Waals surface area (Å²) in [6.07, 6.45) is 3.65. The van der Waals surface area contributed by atoms with Crippen LogP contribution in [-0.4, -0.2) is 47.3 Å². The first-order chi connectivity index (χ1) is 13.6. The molecular formula is C22H25N3O3. The van der Waals surface area contributed by atoms with Crippen LogP contribution in [0.1, 0.15) is 41.4 Å². The van der Waals surface area contributed by atoms with Gasteiger partial charge in [0.1, 0.15) is 11.3 Å². The van der Waals surface area contributed by atoms with E-state index in [4.69, 9.17) is 9.26 Å². The van der Waals surface area contributed by atoms with Crippen molar-refractivity contribution in [2.24, 2.45) is 0 Å². The normalized spacial score (nSPS) is 17.3. The molecule has 0 bridgehead atoms. The van der Waals surface area contributed by atoms with Crippen molar-refractivity contribution in [2.75, 3.05) is 20.2 Å². The quantitative estimate of drug-likeness (QED) is 0.624. The van der Waals surface area contributed by atoms with Gasteiger partial charge in [0, 0.05) is 18.0 Å². The maximum Gasteiger partial charge on any atom is 0.343 e. The SMILES string of the molecule is COC(=O)c1c(C)noc1-c1ccc2cc(CCN3CCC[C@H]3C)ccc2n1. The summed E-state index contributed by atoms with van der Waals surface area (Å²) >= 11 is 0. The predicted molar refractivity (Wildman–Crippen MR) is 107 cm³/mol. The Labute approximate surface area is 164 Å². The van der Waals surface area contributed by atoms with Crippen molar-refractivity contribution in [1.82, 2.24) is 15.0 Å². The number of methoxy groups -OCH3 is 1. The summed E-state index contributed by atoms with van der Waals surface area (Å²) < 4.78 is 10.2. The fourth-order valence-corrected chi connectivity index (χ4v) is 3.94. The molecule has 1 aromatic carbocycles. The first-order valence-electron chi connectivity index (χ1n) is 9.75. The van der Waals surface area contributed by atoms with Gasteiger partial charge < -0.3 is 14.2 Å². The van der Waals surface area contributed by atoms with Gasteiger partial charge in [0.15, 0.2) is 5.76 Å². The number of aryl methyl sites for hydroxylation is 1. The van der Waals surface area contributed by atoms with Gasteiger partial charge in [0.25, 0.3) is 0 Å². The van der Waals surface area contributed by atoms with E-state index in [1.165, 1.54) is 32.1 Å². The molecule has 1 aliphatic heterocycles. The van der Waals surface area contributed by atoms with Gasteiger partial charge in [0.05, 0.1) is 18.3 Å². The lowest BCUT2D eigenvalue weighted by Gasteiger charge is -2.20. The third kappa shape index (κ3) is 3.52. The number of esters is 1. The van der Waals surface area contributed by atoms with Gasteiger partial charge in [-0.2, -0.15) is 0 Å². The molecule has 0 aliphatic carbocycles. The van der Waals surface area contributed by atoms with Crippen molar-refractivity contribution in [3.05, 3.63) is 47.2 Å². The highest BCUT2D eigenvalue weighted by Crippen LogP contribution is 2.27. The van der Waals surface area contributed by atoms with Gasteiger partial charge in [-0.3, -0.25) is 0 Å². The number of fused-ring (bicyclic) bond motifs is 1. The maximum absolute atomic E-state index is 12.0. The maximum atomic E-state index is 12.0. The molecule has 4 rings (SSSR count). The Kier molecular flexibility index (Phi) is 5.13. The van der Waals surface area contributed by atoms with E-state index in [9.17, 15) is 4.79 Å². The van der Waals surface area contributed by atoms with E-state index in [0.717, 1.165) is 23.9 Å². The summed E-state index contributed by atoms with van der Waals surface area (Å²) in [4.78, 5) is 19.3. The minimum Gasteiger partial charge on any atom is -0.465 e. The second kappa shape index (κ2) is 7.72. The average Bonchev–Trinajstić information content (AvgIpc) is 3.30. The molecule has 1 atom stereocenters. The summed E-state index contributed by atoms with van der Waals surface area (Å²) in [5, 5.41) is 4.98. The second-order valence-corrected chi connectivity index (χ2v) is 7.46. The number of hydrogen-bond acceptors (Lipinski definition) is 6. The van der Waals surface area contributed by atoms with Gasteiger partial charge in [-0.25, -0.2) is 9.78 Å². The van der Waals surface area contributed by atoms with E-state index in [0.29, 0.717) is 28.8 Å².